The van der Waals surface area contributed by atoms with Crippen LogP contribution < -0.4 is 10.1 Å². The zero-order valence-corrected chi connectivity index (χ0v) is 16.2. The largest absolute Gasteiger partial charge is 0.497 e. The van der Waals surface area contributed by atoms with Crippen LogP contribution in [0.25, 0.3) is 5.69 Å². The fraction of sp³-hybridized carbons (Fsp3) is 0.238. The first kappa shape index (κ1) is 20.4. The molecule has 0 saturated carbocycles. The van der Waals surface area contributed by atoms with Crippen LogP contribution in [-0.4, -0.2) is 22.8 Å². The molecule has 1 aromatic heterocycles. The van der Waals surface area contributed by atoms with E-state index in [1.807, 2.05) is 0 Å². The third-order valence-corrected chi connectivity index (χ3v) is 4.53. The van der Waals surface area contributed by atoms with E-state index in [-0.39, 0.29) is 28.9 Å². The molecule has 0 saturated heterocycles. The summed E-state index contributed by atoms with van der Waals surface area (Å²) in [5, 5.41) is 6.56. The maximum absolute atomic E-state index is 14.9. The molecule has 29 heavy (non-hydrogen) atoms. The normalized spacial score (nSPS) is 11.4. The molecule has 0 aliphatic heterocycles. The Morgan fingerprint density at radius 3 is 2.52 bits per heavy atom. The number of nitrogens with one attached hydrogen (secondary N) is 1. The molecule has 5 nitrogen and oxygen atoms in total. The van der Waals surface area contributed by atoms with Crippen molar-refractivity contribution in [3.05, 3.63) is 71.3 Å². The van der Waals surface area contributed by atoms with Crippen LogP contribution in [0.4, 0.5) is 18.9 Å². The summed E-state index contributed by atoms with van der Waals surface area (Å²) >= 11 is 0. The van der Waals surface area contributed by atoms with Gasteiger partial charge in [-0.05, 0) is 43.3 Å². The number of alkyl halides is 2. The summed E-state index contributed by atoms with van der Waals surface area (Å²) in [5.74, 6) is -4.03. The van der Waals surface area contributed by atoms with Gasteiger partial charge in [0, 0.05) is 17.7 Å². The monoisotopic (exact) mass is 403 g/mol. The number of nitrogens with zero attached hydrogens (tertiary/aromatic N) is 2. The van der Waals surface area contributed by atoms with Crippen LogP contribution in [0.15, 0.2) is 48.5 Å². The molecule has 0 aliphatic carbocycles. The van der Waals surface area contributed by atoms with E-state index >= 15 is 0 Å². The molecule has 1 heterocycles. The van der Waals surface area contributed by atoms with Gasteiger partial charge < -0.3 is 10.1 Å². The third kappa shape index (κ3) is 4.11. The average molecular weight is 403 g/mol. The minimum Gasteiger partial charge on any atom is -0.497 e. The van der Waals surface area contributed by atoms with Gasteiger partial charge in [0.25, 0.3) is 11.8 Å². The third-order valence-electron chi connectivity index (χ3n) is 4.53. The number of halogens is 3. The number of rotatable bonds is 6. The number of ether oxygens (including phenoxy) is 1. The molecule has 3 aromatic rings. The second kappa shape index (κ2) is 7.98. The van der Waals surface area contributed by atoms with Crippen LogP contribution in [-0.2, 0) is 5.92 Å². The number of aromatic nitrogens is 2. The summed E-state index contributed by atoms with van der Waals surface area (Å²) in [6.07, 6.45) is -0.368. The Balaban J connectivity index is 1.89. The number of benzene rings is 2. The number of carbonyl (C=O) groups is 1. The smallest absolute Gasteiger partial charge is 0.273 e. The summed E-state index contributed by atoms with van der Waals surface area (Å²) in [6.45, 7) is 2.87. The zero-order chi connectivity index (χ0) is 21.2. The Bertz CT molecular complexity index is 1030. The number of hydrogen-bond donors (Lipinski definition) is 1. The van der Waals surface area contributed by atoms with Crippen LogP contribution in [0.1, 0.15) is 35.0 Å². The molecular weight excluding hydrogens is 383 g/mol. The van der Waals surface area contributed by atoms with Crippen molar-refractivity contribution < 1.29 is 22.7 Å². The molecule has 0 radical (unpaired) electrons. The van der Waals surface area contributed by atoms with Crippen molar-refractivity contribution in [2.45, 2.75) is 26.2 Å². The van der Waals surface area contributed by atoms with Crippen molar-refractivity contribution in [1.29, 1.82) is 0 Å². The van der Waals surface area contributed by atoms with Gasteiger partial charge in [0.05, 0.1) is 18.5 Å². The van der Waals surface area contributed by atoms with E-state index in [4.69, 9.17) is 4.74 Å². The van der Waals surface area contributed by atoms with E-state index in [9.17, 15) is 18.0 Å². The molecule has 8 heteroatoms. The number of carbonyl (C=O) groups excluding carboxylic acids is 1. The van der Waals surface area contributed by atoms with E-state index in [1.54, 1.807) is 24.3 Å². The van der Waals surface area contributed by atoms with Crippen LogP contribution in [0.2, 0.25) is 0 Å². The predicted octanol–water partition coefficient (Wildman–Crippen LogP) is 5.08. The SMILES string of the molecule is CCC(F)(F)c1cccc(NC(=O)c2c(C)nn(-c3ccc(OC)cc3)c2F)c1. The number of amides is 1. The minimum absolute atomic E-state index is 0.150. The van der Waals surface area contributed by atoms with Crippen molar-refractivity contribution in [3.8, 4) is 11.4 Å². The van der Waals surface area contributed by atoms with Gasteiger partial charge in [-0.25, -0.2) is 13.5 Å². The lowest BCUT2D eigenvalue weighted by Gasteiger charge is -2.15. The highest BCUT2D eigenvalue weighted by Gasteiger charge is 2.29. The lowest BCUT2D eigenvalue weighted by Crippen LogP contribution is -2.16. The summed E-state index contributed by atoms with van der Waals surface area (Å²) in [6, 6.07) is 11.8. The first-order valence-corrected chi connectivity index (χ1v) is 8.96. The molecule has 0 unspecified atom stereocenters. The molecule has 152 valence electrons. The van der Waals surface area contributed by atoms with Gasteiger partial charge in [-0.2, -0.15) is 9.49 Å². The first-order valence-electron chi connectivity index (χ1n) is 8.96. The van der Waals surface area contributed by atoms with Crippen molar-refractivity contribution >= 4 is 11.6 Å². The number of aryl methyl sites for hydroxylation is 1. The molecule has 0 bridgehead atoms. The van der Waals surface area contributed by atoms with E-state index in [0.717, 1.165) is 4.68 Å². The molecule has 3 rings (SSSR count). The van der Waals surface area contributed by atoms with Gasteiger partial charge in [-0.3, -0.25) is 4.79 Å². The lowest BCUT2D eigenvalue weighted by molar-refractivity contribution is -0.00824. The molecule has 2 aromatic carbocycles. The van der Waals surface area contributed by atoms with Gasteiger partial charge in [0.15, 0.2) is 0 Å². The number of methoxy groups -OCH3 is 1. The molecule has 0 spiro atoms. The van der Waals surface area contributed by atoms with Crippen molar-refractivity contribution in [1.82, 2.24) is 9.78 Å². The van der Waals surface area contributed by atoms with Crippen molar-refractivity contribution in [2.75, 3.05) is 12.4 Å². The molecule has 0 fully saturated rings. The summed E-state index contributed by atoms with van der Waals surface area (Å²) in [7, 11) is 1.52. The molecule has 0 aliphatic rings. The quantitative estimate of drug-likeness (QED) is 0.624. The summed E-state index contributed by atoms with van der Waals surface area (Å²) in [4.78, 5) is 12.6. The molecule has 0 atom stereocenters. The number of hydrogen-bond acceptors (Lipinski definition) is 3. The highest BCUT2D eigenvalue weighted by Crippen LogP contribution is 2.32. The molecule has 1 N–H and O–H groups in total. The second-order valence-corrected chi connectivity index (χ2v) is 6.45. The van der Waals surface area contributed by atoms with Gasteiger partial charge in [0.2, 0.25) is 5.95 Å². The Hall–Kier alpha value is -3.29. The molecular formula is C21H20F3N3O2. The maximum atomic E-state index is 14.9. The average Bonchev–Trinajstić information content (AvgIpc) is 3.02. The zero-order valence-electron chi connectivity index (χ0n) is 16.2. The van der Waals surface area contributed by atoms with E-state index in [2.05, 4.69) is 10.4 Å². The van der Waals surface area contributed by atoms with E-state index in [1.165, 1.54) is 45.2 Å². The van der Waals surface area contributed by atoms with Crippen LogP contribution in [0.5, 0.6) is 5.75 Å². The Morgan fingerprint density at radius 1 is 1.21 bits per heavy atom. The summed E-state index contributed by atoms with van der Waals surface area (Å²) in [5.41, 5.74) is 0.259. The van der Waals surface area contributed by atoms with Crippen molar-refractivity contribution in [3.63, 3.8) is 0 Å². The van der Waals surface area contributed by atoms with Crippen LogP contribution in [0.3, 0.4) is 0 Å². The van der Waals surface area contributed by atoms with Crippen LogP contribution in [0, 0.1) is 12.9 Å². The predicted molar refractivity (Wildman–Crippen MR) is 103 cm³/mol. The highest BCUT2D eigenvalue weighted by molar-refractivity contribution is 6.05. The Morgan fingerprint density at radius 2 is 1.90 bits per heavy atom. The second-order valence-electron chi connectivity index (χ2n) is 6.45. The van der Waals surface area contributed by atoms with Gasteiger partial charge >= 0.3 is 0 Å². The first-order chi connectivity index (χ1) is 13.8. The fourth-order valence-electron chi connectivity index (χ4n) is 2.87. The lowest BCUT2D eigenvalue weighted by atomic mass is 10.1. The number of anilines is 1. The van der Waals surface area contributed by atoms with Gasteiger partial charge in [-0.15, -0.1) is 0 Å². The Labute approximate surface area is 166 Å². The van der Waals surface area contributed by atoms with Gasteiger partial charge in [-0.1, -0.05) is 19.1 Å². The molecule has 1 amide bonds. The van der Waals surface area contributed by atoms with Crippen LogP contribution >= 0.6 is 0 Å². The van der Waals surface area contributed by atoms with E-state index in [0.29, 0.717) is 11.4 Å². The Kier molecular flexibility index (Phi) is 5.63. The standard InChI is InChI=1S/C21H20F3N3O2/c1-4-21(23,24)14-6-5-7-15(12-14)25-20(28)18-13(2)26-27(19(18)22)16-8-10-17(29-3)11-9-16/h5-12H,4H2,1-3H3,(H,25,28). The fourth-order valence-corrected chi connectivity index (χ4v) is 2.87. The maximum Gasteiger partial charge on any atom is 0.273 e. The van der Waals surface area contributed by atoms with Gasteiger partial charge in [0.1, 0.15) is 11.3 Å². The minimum atomic E-state index is -3.01. The summed E-state index contributed by atoms with van der Waals surface area (Å²) < 4.78 is 48.8. The topological polar surface area (TPSA) is 56.2 Å². The van der Waals surface area contributed by atoms with Crippen molar-refractivity contribution in [2.24, 2.45) is 0 Å². The van der Waals surface area contributed by atoms with E-state index < -0.39 is 17.8 Å². The highest BCUT2D eigenvalue weighted by atomic mass is 19.3.